The molecule has 1 atom stereocenters. The van der Waals surface area contributed by atoms with Gasteiger partial charge in [-0.2, -0.15) is 0 Å². The van der Waals surface area contributed by atoms with Gasteiger partial charge in [-0.1, -0.05) is 23.2 Å². The van der Waals surface area contributed by atoms with Crippen molar-refractivity contribution in [1.82, 2.24) is 0 Å². The zero-order valence-corrected chi connectivity index (χ0v) is 9.06. The van der Waals surface area contributed by atoms with Crippen molar-refractivity contribution in [3.63, 3.8) is 0 Å². The van der Waals surface area contributed by atoms with Gasteiger partial charge in [-0.25, -0.2) is 0 Å². The Morgan fingerprint density at radius 1 is 1.43 bits per heavy atom. The Labute approximate surface area is 92.0 Å². The highest BCUT2D eigenvalue weighted by molar-refractivity contribution is 6.33. The summed E-state index contributed by atoms with van der Waals surface area (Å²) in [5.41, 5.74) is 10.0. The zero-order valence-electron chi connectivity index (χ0n) is 7.55. The molecule has 0 spiro atoms. The van der Waals surface area contributed by atoms with E-state index in [9.17, 15) is 4.79 Å². The van der Waals surface area contributed by atoms with Gasteiger partial charge in [0, 0.05) is 15.6 Å². The summed E-state index contributed by atoms with van der Waals surface area (Å²) in [6, 6.07) is 4.73. The summed E-state index contributed by atoms with van der Waals surface area (Å²) in [4.78, 5) is 11.1. The van der Waals surface area contributed by atoms with E-state index in [0.717, 1.165) is 0 Å². The van der Waals surface area contributed by atoms with Crippen LogP contribution in [0.2, 0.25) is 10.0 Å². The van der Waals surface area contributed by atoms with Crippen molar-refractivity contribution in [1.29, 1.82) is 0 Å². The third-order valence-corrected chi connectivity index (χ3v) is 2.56. The van der Waals surface area contributed by atoms with E-state index in [4.69, 9.17) is 34.7 Å². The first kappa shape index (κ1) is 11.3. The highest BCUT2D eigenvalue weighted by atomic mass is 35.5. The lowest BCUT2D eigenvalue weighted by Gasteiger charge is -2.22. The maximum Gasteiger partial charge on any atom is 0.241 e. The van der Waals surface area contributed by atoms with Crippen LogP contribution in [0.4, 0.5) is 0 Å². The van der Waals surface area contributed by atoms with E-state index in [1.807, 2.05) is 0 Å². The van der Waals surface area contributed by atoms with Crippen LogP contribution in [0.15, 0.2) is 18.2 Å². The molecule has 1 aromatic rings. The van der Waals surface area contributed by atoms with Crippen molar-refractivity contribution >= 4 is 29.1 Å². The van der Waals surface area contributed by atoms with Gasteiger partial charge >= 0.3 is 0 Å². The van der Waals surface area contributed by atoms with Gasteiger partial charge in [-0.05, 0) is 25.1 Å². The van der Waals surface area contributed by atoms with E-state index in [2.05, 4.69) is 0 Å². The fourth-order valence-corrected chi connectivity index (χ4v) is 1.51. The smallest absolute Gasteiger partial charge is 0.241 e. The Balaban J connectivity index is 3.31. The number of rotatable bonds is 2. The van der Waals surface area contributed by atoms with Crippen LogP contribution in [-0.4, -0.2) is 5.91 Å². The fraction of sp³-hybridized carbons (Fsp3) is 0.222. The number of primary amides is 1. The second-order valence-corrected chi connectivity index (χ2v) is 4.03. The Kier molecular flexibility index (Phi) is 3.04. The predicted octanol–water partition coefficient (Wildman–Crippen LogP) is 1.65. The van der Waals surface area contributed by atoms with Gasteiger partial charge < -0.3 is 11.5 Å². The van der Waals surface area contributed by atoms with Gasteiger partial charge in [0.2, 0.25) is 5.91 Å². The van der Waals surface area contributed by atoms with Gasteiger partial charge in [-0.15, -0.1) is 0 Å². The molecular formula is C9H10Cl2N2O. The molecule has 0 aliphatic heterocycles. The van der Waals surface area contributed by atoms with Crippen molar-refractivity contribution in [2.75, 3.05) is 0 Å². The Morgan fingerprint density at radius 3 is 2.50 bits per heavy atom. The van der Waals surface area contributed by atoms with Crippen LogP contribution in [0.5, 0.6) is 0 Å². The molecule has 1 unspecified atom stereocenters. The minimum absolute atomic E-state index is 0.373. The largest absolute Gasteiger partial charge is 0.368 e. The average molecular weight is 233 g/mol. The summed E-state index contributed by atoms with van der Waals surface area (Å²) < 4.78 is 0. The van der Waals surface area contributed by atoms with E-state index in [1.165, 1.54) is 13.0 Å². The Bertz CT molecular complexity index is 377. The highest BCUT2D eigenvalue weighted by Gasteiger charge is 2.30. The SMILES string of the molecule is CC(N)(C(N)=O)c1cc(Cl)ccc1Cl. The van der Waals surface area contributed by atoms with Crippen LogP contribution in [0.3, 0.4) is 0 Å². The first-order chi connectivity index (χ1) is 6.35. The molecule has 0 aromatic heterocycles. The summed E-state index contributed by atoms with van der Waals surface area (Å²) in [5, 5.41) is 0.834. The first-order valence-electron chi connectivity index (χ1n) is 3.90. The lowest BCUT2D eigenvalue weighted by Crippen LogP contribution is -2.46. The number of halogens is 2. The number of hydrogen-bond donors (Lipinski definition) is 2. The van der Waals surface area contributed by atoms with Crippen LogP contribution < -0.4 is 11.5 Å². The Hall–Kier alpha value is -0.770. The maximum atomic E-state index is 11.1. The minimum Gasteiger partial charge on any atom is -0.368 e. The first-order valence-corrected chi connectivity index (χ1v) is 4.65. The summed E-state index contributed by atoms with van der Waals surface area (Å²) >= 11 is 11.6. The summed E-state index contributed by atoms with van der Waals surface area (Å²) in [7, 11) is 0. The van der Waals surface area contributed by atoms with Crippen LogP contribution in [0, 0.1) is 0 Å². The van der Waals surface area contributed by atoms with Crippen LogP contribution in [0.25, 0.3) is 0 Å². The third-order valence-electron chi connectivity index (χ3n) is 2.00. The zero-order chi connectivity index (χ0) is 10.9. The molecule has 1 rings (SSSR count). The van der Waals surface area contributed by atoms with Crippen molar-refractivity contribution in [3.05, 3.63) is 33.8 Å². The summed E-state index contributed by atoms with van der Waals surface area (Å²) in [6.45, 7) is 1.49. The van der Waals surface area contributed by atoms with E-state index >= 15 is 0 Å². The molecule has 0 saturated heterocycles. The Morgan fingerprint density at radius 2 is 2.00 bits per heavy atom. The third kappa shape index (κ3) is 2.00. The minimum atomic E-state index is -1.30. The molecule has 0 heterocycles. The molecule has 0 aliphatic carbocycles. The topological polar surface area (TPSA) is 69.1 Å². The number of carbonyl (C=O) groups is 1. The molecule has 76 valence electrons. The number of benzene rings is 1. The molecule has 14 heavy (non-hydrogen) atoms. The van der Waals surface area contributed by atoms with Crippen molar-refractivity contribution in [2.45, 2.75) is 12.5 Å². The van der Waals surface area contributed by atoms with E-state index in [0.29, 0.717) is 15.6 Å². The van der Waals surface area contributed by atoms with Gasteiger partial charge in [0.05, 0.1) is 0 Å². The van der Waals surface area contributed by atoms with Gasteiger partial charge in [0.15, 0.2) is 0 Å². The van der Waals surface area contributed by atoms with E-state index in [-0.39, 0.29) is 0 Å². The van der Waals surface area contributed by atoms with Crippen molar-refractivity contribution < 1.29 is 4.79 Å². The van der Waals surface area contributed by atoms with Crippen LogP contribution in [-0.2, 0) is 10.3 Å². The number of amides is 1. The maximum absolute atomic E-state index is 11.1. The molecule has 1 aromatic carbocycles. The quantitative estimate of drug-likeness (QED) is 0.815. The normalized spacial score (nSPS) is 14.9. The fourth-order valence-electron chi connectivity index (χ4n) is 1.03. The standard InChI is InChI=1S/C9H10Cl2N2O/c1-9(13,8(12)14)6-4-5(10)2-3-7(6)11/h2-4H,13H2,1H3,(H2,12,14). The molecule has 5 heteroatoms. The van der Waals surface area contributed by atoms with Gasteiger partial charge in [-0.3, -0.25) is 4.79 Å². The van der Waals surface area contributed by atoms with Crippen molar-refractivity contribution in [3.8, 4) is 0 Å². The average Bonchev–Trinajstić information content (AvgIpc) is 2.08. The predicted molar refractivity (Wildman–Crippen MR) is 57.2 cm³/mol. The molecule has 0 bridgehead atoms. The molecule has 4 N–H and O–H groups in total. The van der Waals surface area contributed by atoms with Gasteiger partial charge in [0.1, 0.15) is 5.54 Å². The number of carbonyl (C=O) groups excluding carboxylic acids is 1. The second-order valence-electron chi connectivity index (χ2n) is 3.19. The van der Waals surface area contributed by atoms with E-state index in [1.54, 1.807) is 12.1 Å². The van der Waals surface area contributed by atoms with Crippen LogP contribution >= 0.6 is 23.2 Å². The molecule has 0 fully saturated rings. The molecular weight excluding hydrogens is 223 g/mol. The monoisotopic (exact) mass is 232 g/mol. The lowest BCUT2D eigenvalue weighted by atomic mass is 9.92. The summed E-state index contributed by atoms with van der Waals surface area (Å²) in [5.74, 6) is -0.651. The van der Waals surface area contributed by atoms with Crippen molar-refractivity contribution in [2.24, 2.45) is 11.5 Å². The second kappa shape index (κ2) is 3.77. The number of hydrogen-bond acceptors (Lipinski definition) is 2. The molecule has 1 amide bonds. The summed E-state index contributed by atoms with van der Waals surface area (Å²) in [6.07, 6.45) is 0. The molecule has 0 saturated carbocycles. The molecule has 3 nitrogen and oxygen atoms in total. The van der Waals surface area contributed by atoms with E-state index < -0.39 is 11.4 Å². The molecule has 0 radical (unpaired) electrons. The molecule has 0 aliphatic rings. The number of nitrogens with two attached hydrogens (primary N) is 2. The van der Waals surface area contributed by atoms with Crippen LogP contribution in [0.1, 0.15) is 12.5 Å². The lowest BCUT2D eigenvalue weighted by molar-refractivity contribution is -0.122. The highest BCUT2D eigenvalue weighted by Crippen LogP contribution is 2.28. The van der Waals surface area contributed by atoms with Gasteiger partial charge in [0.25, 0.3) is 0 Å².